The van der Waals surface area contributed by atoms with Crippen LogP contribution < -0.4 is 20.3 Å². The molecule has 0 aromatic heterocycles. The Hall–Kier alpha value is -2.89. The number of hydrogen-bond acceptors (Lipinski definition) is 5. The maximum absolute atomic E-state index is 11.7. The molecule has 6 nitrogen and oxygen atoms in total. The van der Waals surface area contributed by atoms with Gasteiger partial charge in [-0.1, -0.05) is 30.3 Å². The van der Waals surface area contributed by atoms with Gasteiger partial charge in [0.1, 0.15) is 18.1 Å². The molecule has 0 aliphatic carbocycles. The normalized spacial score (nSPS) is 9.73. The Labute approximate surface area is 129 Å². The topological polar surface area (TPSA) is 68.8 Å². The van der Waals surface area contributed by atoms with Crippen LogP contribution in [0.1, 0.15) is 5.56 Å². The number of carbonyl (C=O) groups is 1. The van der Waals surface area contributed by atoms with Crippen molar-refractivity contribution in [2.45, 2.75) is 6.61 Å². The van der Waals surface area contributed by atoms with Crippen LogP contribution >= 0.6 is 0 Å². The van der Waals surface area contributed by atoms with Gasteiger partial charge in [-0.05, 0) is 17.7 Å². The van der Waals surface area contributed by atoms with Crippen LogP contribution in [0.15, 0.2) is 48.5 Å². The zero-order chi connectivity index (χ0) is 15.8. The second-order valence-corrected chi connectivity index (χ2v) is 4.38. The molecule has 2 aromatic rings. The molecule has 0 saturated heterocycles. The molecule has 2 aromatic carbocycles. The van der Waals surface area contributed by atoms with Gasteiger partial charge in [0, 0.05) is 6.07 Å². The van der Waals surface area contributed by atoms with Crippen molar-refractivity contribution in [3.8, 4) is 11.5 Å². The number of hydrogen-bond donors (Lipinski definition) is 2. The minimum absolute atomic E-state index is 0.198. The number of anilines is 1. The van der Waals surface area contributed by atoms with Gasteiger partial charge in [0.05, 0.1) is 19.9 Å². The maximum Gasteiger partial charge on any atom is 0.426 e. The van der Waals surface area contributed by atoms with Crippen LogP contribution in [0.3, 0.4) is 0 Å². The molecule has 0 saturated carbocycles. The summed E-state index contributed by atoms with van der Waals surface area (Å²) < 4.78 is 15.4. The lowest BCUT2D eigenvalue weighted by atomic mass is 10.2. The predicted molar refractivity (Wildman–Crippen MR) is 82.9 cm³/mol. The number of amides is 1. The van der Waals surface area contributed by atoms with Gasteiger partial charge in [0.15, 0.2) is 0 Å². The van der Waals surface area contributed by atoms with E-state index in [0.29, 0.717) is 17.2 Å². The lowest BCUT2D eigenvalue weighted by Gasteiger charge is -2.13. The van der Waals surface area contributed by atoms with Gasteiger partial charge in [-0.25, -0.2) is 10.2 Å². The van der Waals surface area contributed by atoms with E-state index < -0.39 is 6.09 Å². The van der Waals surface area contributed by atoms with Gasteiger partial charge in [0.2, 0.25) is 0 Å². The minimum atomic E-state index is -0.589. The first-order chi connectivity index (χ1) is 10.7. The molecule has 2 rings (SSSR count). The first-order valence-electron chi connectivity index (χ1n) is 6.67. The summed E-state index contributed by atoms with van der Waals surface area (Å²) in [5.41, 5.74) is 6.68. The van der Waals surface area contributed by atoms with Gasteiger partial charge in [-0.2, -0.15) is 0 Å². The Bertz CT molecular complexity index is 617. The number of ether oxygens (including phenoxy) is 3. The van der Waals surface area contributed by atoms with Crippen LogP contribution in [-0.2, 0) is 11.3 Å². The van der Waals surface area contributed by atoms with E-state index in [1.54, 1.807) is 32.4 Å². The summed E-state index contributed by atoms with van der Waals surface area (Å²) >= 11 is 0. The SMILES string of the molecule is COc1ccc(OC)c(NNC(=O)OCc2ccccc2)c1. The molecule has 2 N–H and O–H groups in total. The molecule has 116 valence electrons. The first kappa shape index (κ1) is 15.5. The van der Waals surface area contributed by atoms with Crippen LogP contribution in [-0.4, -0.2) is 20.3 Å². The highest BCUT2D eigenvalue weighted by Crippen LogP contribution is 2.28. The third kappa shape index (κ3) is 4.31. The monoisotopic (exact) mass is 302 g/mol. The minimum Gasteiger partial charge on any atom is -0.497 e. The third-order valence-electron chi connectivity index (χ3n) is 2.92. The summed E-state index contributed by atoms with van der Waals surface area (Å²) in [6.07, 6.45) is -0.589. The Morgan fingerprint density at radius 3 is 2.50 bits per heavy atom. The fourth-order valence-corrected chi connectivity index (χ4v) is 1.79. The second kappa shape index (κ2) is 7.78. The van der Waals surface area contributed by atoms with Crippen LogP contribution in [0.5, 0.6) is 11.5 Å². The van der Waals surface area contributed by atoms with E-state index in [0.717, 1.165) is 5.56 Å². The summed E-state index contributed by atoms with van der Waals surface area (Å²) in [7, 11) is 3.11. The number of rotatable bonds is 6. The first-order valence-corrected chi connectivity index (χ1v) is 6.67. The number of methoxy groups -OCH3 is 2. The molecule has 0 fully saturated rings. The largest absolute Gasteiger partial charge is 0.497 e. The number of nitrogens with one attached hydrogen (secondary N) is 2. The van der Waals surface area contributed by atoms with E-state index in [9.17, 15) is 4.79 Å². The van der Waals surface area contributed by atoms with Crippen molar-refractivity contribution in [1.82, 2.24) is 5.43 Å². The highest BCUT2D eigenvalue weighted by molar-refractivity contribution is 5.71. The smallest absolute Gasteiger partial charge is 0.426 e. The third-order valence-corrected chi connectivity index (χ3v) is 2.92. The van der Waals surface area contributed by atoms with Gasteiger partial charge in [-0.15, -0.1) is 0 Å². The Kier molecular flexibility index (Phi) is 5.48. The molecule has 0 radical (unpaired) electrons. The summed E-state index contributed by atoms with van der Waals surface area (Å²) in [6, 6.07) is 14.6. The van der Waals surface area contributed by atoms with Crippen molar-refractivity contribution in [2.75, 3.05) is 19.6 Å². The van der Waals surface area contributed by atoms with Gasteiger partial charge in [-0.3, -0.25) is 5.43 Å². The molecule has 0 heterocycles. The average molecular weight is 302 g/mol. The highest BCUT2D eigenvalue weighted by Gasteiger charge is 2.07. The number of carbonyl (C=O) groups excluding carboxylic acids is 1. The molecule has 0 unspecified atom stereocenters. The van der Waals surface area contributed by atoms with Crippen molar-refractivity contribution >= 4 is 11.8 Å². The fourth-order valence-electron chi connectivity index (χ4n) is 1.79. The van der Waals surface area contributed by atoms with Crippen LogP contribution in [0, 0.1) is 0 Å². The zero-order valence-electron chi connectivity index (χ0n) is 12.5. The molecule has 0 bridgehead atoms. The number of benzene rings is 2. The lowest BCUT2D eigenvalue weighted by Crippen LogP contribution is -2.30. The van der Waals surface area contributed by atoms with Crippen molar-refractivity contribution in [2.24, 2.45) is 0 Å². The van der Waals surface area contributed by atoms with Crippen LogP contribution in [0.2, 0.25) is 0 Å². The standard InChI is InChI=1S/C16H18N2O4/c1-20-13-8-9-15(21-2)14(10-13)17-18-16(19)22-11-12-6-4-3-5-7-12/h3-10,17H,11H2,1-2H3,(H,18,19). The van der Waals surface area contributed by atoms with Crippen molar-refractivity contribution < 1.29 is 19.0 Å². The van der Waals surface area contributed by atoms with Crippen molar-refractivity contribution in [3.63, 3.8) is 0 Å². The van der Waals surface area contributed by atoms with Crippen molar-refractivity contribution in [3.05, 3.63) is 54.1 Å². The van der Waals surface area contributed by atoms with E-state index in [2.05, 4.69) is 10.9 Å². The molecule has 0 aliphatic rings. The molecule has 0 atom stereocenters. The summed E-state index contributed by atoms with van der Waals surface area (Å²) in [5, 5.41) is 0. The quantitative estimate of drug-likeness (QED) is 0.803. The summed E-state index contributed by atoms with van der Waals surface area (Å²) in [4.78, 5) is 11.7. The van der Waals surface area contributed by atoms with Crippen LogP contribution in [0.4, 0.5) is 10.5 Å². The highest BCUT2D eigenvalue weighted by atomic mass is 16.6. The average Bonchev–Trinajstić information content (AvgIpc) is 2.58. The van der Waals surface area contributed by atoms with Gasteiger partial charge < -0.3 is 14.2 Å². The predicted octanol–water partition coefficient (Wildman–Crippen LogP) is 2.96. The molecule has 22 heavy (non-hydrogen) atoms. The van der Waals surface area contributed by atoms with Gasteiger partial charge >= 0.3 is 6.09 Å². The van der Waals surface area contributed by atoms with E-state index in [1.165, 1.54) is 0 Å². The molecule has 0 spiro atoms. The molecular weight excluding hydrogens is 284 g/mol. The van der Waals surface area contributed by atoms with E-state index in [-0.39, 0.29) is 6.61 Å². The summed E-state index contributed by atoms with van der Waals surface area (Å²) in [5.74, 6) is 1.21. The Balaban J connectivity index is 1.88. The van der Waals surface area contributed by atoms with Gasteiger partial charge in [0.25, 0.3) is 0 Å². The zero-order valence-corrected chi connectivity index (χ0v) is 12.5. The molecule has 6 heteroatoms. The Morgan fingerprint density at radius 1 is 1.05 bits per heavy atom. The van der Waals surface area contributed by atoms with Crippen LogP contribution in [0.25, 0.3) is 0 Å². The number of hydrazine groups is 1. The fraction of sp³-hybridized carbons (Fsp3) is 0.188. The Morgan fingerprint density at radius 2 is 1.82 bits per heavy atom. The van der Waals surface area contributed by atoms with E-state index in [1.807, 2.05) is 30.3 Å². The molecule has 1 amide bonds. The lowest BCUT2D eigenvalue weighted by molar-refractivity contribution is 0.142. The second-order valence-electron chi connectivity index (χ2n) is 4.38. The van der Waals surface area contributed by atoms with E-state index in [4.69, 9.17) is 14.2 Å². The van der Waals surface area contributed by atoms with E-state index >= 15 is 0 Å². The van der Waals surface area contributed by atoms with Crippen molar-refractivity contribution in [1.29, 1.82) is 0 Å². The summed E-state index contributed by atoms with van der Waals surface area (Å²) in [6.45, 7) is 0.198. The molecular formula is C16H18N2O4. The molecule has 0 aliphatic heterocycles. The maximum atomic E-state index is 11.7.